The van der Waals surface area contributed by atoms with Crippen LogP contribution in [0, 0.1) is 5.92 Å². The molecule has 1 atom stereocenters. The molecule has 0 radical (unpaired) electrons. The monoisotopic (exact) mass is 393 g/mol. The molecular formula is C21H51N3O3. The molecule has 1 rings (SSSR count). The van der Waals surface area contributed by atoms with E-state index in [4.69, 9.17) is 19.9 Å². The minimum atomic E-state index is 0. The van der Waals surface area contributed by atoms with Gasteiger partial charge in [-0.3, -0.25) is 0 Å². The van der Waals surface area contributed by atoms with Crippen molar-refractivity contribution in [2.24, 2.45) is 11.7 Å². The Morgan fingerprint density at radius 1 is 0.963 bits per heavy atom. The number of likely N-dealkylation sites (tertiary alicyclic amines) is 1. The molecule has 0 bridgehead atoms. The normalized spacial score (nSPS) is 16.8. The number of nitrogens with one attached hydrogen (secondary N) is 1. The molecule has 0 amide bonds. The number of ether oxygens (including phenoxy) is 3. The molecule has 27 heavy (non-hydrogen) atoms. The largest absolute Gasteiger partial charge is 0.378 e. The van der Waals surface area contributed by atoms with E-state index in [9.17, 15) is 0 Å². The van der Waals surface area contributed by atoms with Gasteiger partial charge in [0, 0.05) is 22.0 Å². The summed E-state index contributed by atoms with van der Waals surface area (Å²) in [5, 5.41) is 3.41. The molecule has 168 valence electrons. The maximum atomic E-state index is 5.90. The SMILES string of the molecule is CC.CCC(C)CCNCCOCCOCCOCCN1CCC(N)CC1.[HH].[HH]. The van der Waals surface area contributed by atoms with Crippen LogP contribution in [-0.4, -0.2) is 83.3 Å². The van der Waals surface area contributed by atoms with Crippen molar-refractivity contribution < 1.29 is 17.1 Å². The van der Waals surface area contributed by atoms with Gasteiger partial charge in [-0.25, -0.2) is 0 Å². The first kappa shape index (κ1) is 26.8. The maximum absolute atomic E-state index is 5.90. The van der Waals surface area contributed by atoms with Crippen molar-refractivity contribution in [1.82, 2.24) is 10.2 Å². The Bertz CT molecular complexity index is 298. The van der Waals surface area contributed by atoms with Gasteiger partial charge in [0.15, 0.2) is 0 Å². The van der Waals surface area contributed by atoms with Crippen LogP contribution in [0.2, 0.25) is 0 Å². The van der Waals surface area contributed by atoms with Crippen LogP contribution in [0.15, 0.2) is 0 Å². The van der Waals surface area contributed by atoms with E-state index in [1.54, 1.807) is 0 Å². The summed E-state index contributed by atoms with van der Waals surface area (Å²) in [5.74, 6) is 0.808. The lowest BCUT2D eigenvalue weighted by molar-refractivity contribution is 0.0100. The van der Waals surface area contributed by atoms with Gasteiger partial charge in [-0.05, 0) is 44.8 Å². The molecule has 1 fully saturated rings. The average Bonchev–Trinajstić information content (AvgIpc) is 2.70. The van der Waals surface area contributed by atoms with Gasteiger partial charge in [-0.2, -0.15) is 0 Å². The van der Waals surface area contributed by atoms with E-state index in [2.05, 4.69) is 24.1 Å². The minimum Gasteiger partial charge on any atom is -0.378 e. The second-order valence-corrected chi connectivity index (χ2v) is 7.07. The number of hydrogen-bond acceptors (Lipinski definition) is 6. The lowest BCUT2D eigenvalue weighted by Gasteiger charge is -2.29. The van der Waals surface area contributed by atoms with E-state index in [0.29, 0.717) is 32.5 Å². The van der Waals surface area contributed by atoms with Crippen LogP contribution in [0.3, 0.4) is 0 Å². The van der Waals surface area contributed by atoms with E-state index in [0.717, 1.165) is 64.7 Å². The summed E-state index contributed by atoms with van der Waals surface area (Å²) in [6.07, 6.45) is 4.71. The first-order valence-corrected chi connectivity index (χ1v) is 11.1. The van der Waals surface area contributed by atoms with Gasteiger partial charge in [0.25, 0.3) is 0 Å². The second kappa shape index (κ2) is 20.5. The van der Waals surface area contributed by atoms with Crippen molar-refractivity contribution in [2.75, 3.05) is 72.4 Å². The zero-order chi connectivity index (χ0) is 20.2. The number of rotatable bonds is 16. The van der Waals surface area contributed by atoms with Gasteiger partial charge < -0.3 is 30.2 Å². The maximum Gasteiger partial charge on any atom is 0.0701 e. The molecule has 6 heteroatoms. The highest BCUT2D eigenvalue weighted by Crippen LogP contribution is 2.07. The third kappa shape index (κ3) is 17.6. The molecule has 1 heterocycles. The Labute approximate surface area is 171 Å². The molecule has 1 saturated heterocycles. The molecule has 0 aromatic rings. The molecule has 0 aromatic heterocycles. The highest BCUT2D eigenvalue weighted by molar-refractivity contribution is 4.73. The van der Waals surface area contributed by atoms with Crippen molar-refractivity contribution in [3.8, 4) is 0 Å². The Kier molecular flexibility index (Phi) is 20.3. The zero-order valence-corrected chi connectivity index (χ0v) is 18.5. The van der Waals surface area contributed by atoms with Crippen LogP contribution >= 0.6 is 0 Å². The average molecular weight is 394 g/mol. The van der Waals surface area contributed by atoms with E-state index in [-0.39, 0.29) is 2.85 Å². The third-order valence-electron chi connectivity index (χ3n) is 4.86. The van der Waals surface area contributed by atoms with Crippen LogP contribution in [0.4, 0.5) is 0 Å². The van der Waals surface area contributed by atoms with E-state index in [1.807, 2.05) is 13.8 Å². The third-order valence-corrected chi connectivity index (χ3v) is 4.86. The second-order valence-electron chi connectivity index (χ2n) is 7.07. The number of hydrogen-bond donors (Lipinski definition) is 2. The van der Waals surface area contributed by atoms with Crippen molar-refractivity contribution in [3.63, 3.8) is 0 Å². The smallest absolute Gasteiger partial charge is 0.0701 e. The quantitative estimate of drug-likeness (QED) is 0.393. The highest BCUT2D eigenvalue weighted by atomic mass is 16.5. The topological polar surface area (TPSA) is 69.0 Å². The molecule has 1 aliphatic heterocycles. The van der Waals surface area contributed by atoms with Crippen LogP contribution in [0.1, 0.15) is 56.2 Å². The van der Waals surface area contributed by atoms with Gasteiger partial charge in [-0.1, -0.05) is 34.1 Å². The van der Waals surface area contributed by atoms with E-state index >= 15 is 0 Å². The van der Waals surface area contributed by atoms with Crippen LogP contribution in [-0.2, 0) is 14.2 Å². The number of nitrogens with two attached hydrogens (primary N) is 1. The van der Waals surface area contributed by atoms with Gasteiger partial charge >= 0.3 is 0 Å². The summed E-state index contributed by atoms with van der Waals surface area (Å²) in [4.78, 5) is 2.43. The Morgan fingerprint density at radius 3 is 2.11 bits per heavy atom. The summed E-state index contributed by atoms with van der Waals surface area (Å²) in [5.41, 5.74) is 5.90. The Morgan fingerprint density at radius 2 is 1.52 bits per heavy atom. The molecule has 0 aliphatic carbocycles. The molecule has 1 unspecified atom stereocenters. The summed E-state index contributed by atoms with van der Waals surface area (Å²) in [6, 6.07) is 0.397. The first-order chi connectivity index (χ1) is 13.2. The molecule has 1 aliphatic rings. The minimum absolute atomic E-state index is 0. The van der Waals surface area contributed by atoms with Crippen LogP contribution in [0.5, 0.6) is 0 Å². The van der Waals surface area contributed by atoms with Crippen molar-refractivity contribution in [1.29, 1.82) is 0 Å². The zero-order valence-electron chi connectivity index (χ0n) is 18.5. The number of piperidine rings is 1. The van der Waals surface area contributed by atoms with Crippen molar-refractivity contribution in [3.05, 3.63) is 0 Å². The molecule has 0 saturated carbocycles. The van der Waals surface area contributed by atoms with Gasteiger partial charge in [0.1, 0.15) is 0 Å². The fourth-order valence-electron chi connectivity index (χ4n) is 2.73. The van der Waals surface area contributed by atoms with Crippen LogP contribution < -0.4 is 11.1 Å². The summed E-state index contributed by atoms with van der Waals surface area (Å²) in [7, 11) is 0. The fraction of sp³-hybridized carbons (Fsp3) is 1.00. The standard InChI is InChI=1S/C19H41N3O3.C2H6.2H2/c1-3-18(2)4-7-21-8-12-23-14-16-25-17-15-24-13-11-22-9-5-19(20)6-10-22;1-2;;/h18-19,21H,3-17,20H2,1-2H3;1-2H3;2*1H. The molecule has 6 nitrogen and oxygen atoms in total. The lowest BCUT2D eigenvalue weighted by atomic mass is 10.1. The predicted molar refractivity (Wildman–Crippen MR) is 119 cm³/mol. The van der Waals surface area contributed by atoms with Gasteiger partial charge in [-0.15, -0.1) is 0 Å². The fourth-order valence-corrected chi connectivity index (χ4v) is 2.73. The van der Waals surface area contributed by atoms with Crippen molar-refractivity contribution >= 4 is 0 Å². The molecular weight excluding hydrogens is 342 g/mol. The summed E-state index contributed by atoms with van der Waals surface area (Å²) in [6.45, 7) is 17.9. The molecule has 0 spiro atoms. The van der Waals surface area contributed by atoms with Crippen molar-refractivity contribution in [2.45, 2.75) is 59.4 Å². The number of nitrogens with zero attached hydrogens (tertiary/aromatic N) is 1. The summed E-state index contributed by atoms with van der Waals surface area (Å²) < 4.78 is 16.7. The molecule has 3 N–H and O–H groups in total. The Balaban J connectivity index is -0.00000163. The Hall–Kier alpha value is -0.240. The molecule has 0 aromatic carbocycles. The summed E-state index contributed by atoms with van der Waals surface area (Å²) >= 11 is 0. The predicted octanol–water partition coefficient (Wildman–Crippen LogP) is 3.00. The van der Waals surface area contributed by atoms with Gasteiger partial charge in [0.2, 0.25) is 0 Å². The van der Waals surface area contributed by atoms with Gasteiger partial charge in [0.05, 0.1) is 39.6 Å². The highest BCUT2D eigenvalue weighted by Gasteiger charge is 2.14. The van der Waals surface area contributed by atoms with E-state index in [1.165, 1.54) is 12.8 Å². The first-order valence-electron chi connectivity index (χ1n) is 11.1. The lowest BCUT2D eigenvalue weighted by Crippen LogP contribution is -2.41. The van der Waals surface area contributed by atoms with E-state index < -0.39 is 0 Å². The van der Waals surface area contributed by atoms with Crippen LogP contribution in [0.25, 0.3) is 0 Å².